The summed E-state index contributed by atoms with van der Waals surface area (Å²) < 4.78 is 8.92. The number of aromatic nitrogens is 2. The van der Waals surface area contributed by atoms with Gasteiger partial charge in [0.05, 0.1) is 7.11 Å². The SMILES string of the molecule is COc1cccc(C(=O)c2ncsn2)c1. The zero-order valence-corrected chi connectivity index (χ0v) is 8.82. The summed E-state index contributed by atoms with van der Waals surface area (Å²) in [7, 11) is 1.56. The second-order valence-corrected chi connectivity index (χ2v) is 3.42. The molecule has 0 atom stereocenters. The molecule has 0 amide bonds. The number of hydrogen-bond donors (Lipinski definition) is 0. The average molecular weight is 220 g/mol. The monoisotopic (exact) mass is 220 g/mol. The third-order valence-electron chi connectivity index (χ3n) is 1.90. The van der Waals surface area contributed by atoms with Crippen molar-refractivity contribution < 1.29 is 9.53 Å². The topological polar surface area (TPSA) is 52.1 Å². The second-order valence-electron chi connectivity index (χ2n) is 2.82. The first-order chi connectivity index (χ1) is 7.31. The van der Waals surface area contributed by atoms with Gasteiger partial charge in [-0.15, -0.1) is 0 Å². The molecule has 1 aromatic heterocycles. The van der Waals surface area contributed by atoms with Crippen molar-refractivity contribution in [1.82, 2.24) is 9.36 Å². The molecule has 5 heteroatoms. The van der Waals surface area contributed by atoms with Gasteiger partial charge in [0.1, 0.15) is 11.3 Å². The van der Waals surface area contributed by atoms with Gasteiger partial charge in [0.2, 0.25) is 11.6 Å². The van der Waals surface area contributed by atoms with Crippen LogP contribution in [0.3, 0.4) is 0 Å². The summed E-state index contributed by atoms with van der Waals surface area (Å²) in [5, 5.41) is 0. The van der Waals surface area contributed by atoms with Crippen LogP contribution in [0.1, 0.15) is 16.2 Å². The maximum atomic E-state index is 11.8. The van der Waals surface area contributed by atoms with Gasteiger partial charge in [0, 0.05) is 5.56 Å². The lowest BCUT2D eigenvalue weighted by Crippen LogP contribution is -2.03. The van der Waals surface area contributed by atoms with Crippen LogP contribution >= 0.6 is 11.5 Å². The number of carbonyl (C=O) groups is 1. The van der Waals surface area contributed by atoms with Gasteiger partial charge in [-0.05, 0) is 23.7 Å². The quantitative estimate of drug-likeness (QED) is 0.740. The number of ether oxygens (including phenoxy) is 1. The molecule has 0 aliphatic rings. The first-order valence-electron chi connectivity index (χ1n) is 4.26. The van der Waals surface area contributed by atoms with E-state index in [-0.39, 0.29) is 11.6 Å². The molecule has 0 bridgehead atoms. The molecule has 2 aromatic rings. The Balaban J connectivity index is 2.34. The van der Waals surface area contributed by atoms with Crippen molar-refractivity contribution in [3.63, 3.8) is 0 Å². The van der Waals surface area contributed by atoms with Crippen LogP contribution < -0.4 is 4.74 Å². The molecule has 0 unspecified atom stereocenters. The Morgan fingerprint density at radius 1 is 1.47 bits per heavy atom. The van der Waals surface area contributed by atoms with E-state index < -0.39 is 0 Å². The molecule has 2 rings (SSSR count). The lowest BCUT2D eigenvalue weighted by Gasteiger charge is -2.01. The van der Waals surface area contributed by atoms with Crippen LogP contribution in [-0.4, -0.2) is 22.3 Å². The first-order valence-corrected chi connectivity index (χ1v) is 5.10. The standard InChI is InChI=1S/C10H8N2O2S/c1-14-8-4-2-3-7(5-8)9(13)10-11-6-15-12-10/h2-6H,1H3. The van der Waals surface area contributed by atoms with E-state index in [9.17, 15) is 4.79 Å². The van der Waals surface area contributed by atoms with Gasteiger partial charge in [-0.25, -0.2) is 4.98 Å². The molecule has 0 spiro atoms. The molecule has 0 N–H and O–H groups in total. The largest absolute Gasteiger partial charge is 0.497 e. The molecule has 4 nitrogen and oxygen atoms in total. The van der Waals surface area contributed by atoms with Gasteiger partial charge in [0.25, 0.3) is 0 Å². The van der Waals surface area contributed by atoms with E-state index in [2.05, 4.69) is 9.36 Å². The van der Waals surface area contributed by atoms with E-state index in [1.54, 1.807) is 31.4 Å². The number of benzene rings is 1. The number of nitrogens with zero attached hydrogens (tertiary/aromatic N) is 2. The van der Waals surface area contributed by atoms with Gasteiger partial charge in [-0.3, -0.25) is 4.79 Å². The van der Waals surface area contributed by atoms with Crippen LogP contribution in [0.4, 0.5) is 0 Å². The number of rotatable bonds is 3. The van der Waals surface area contributed by atoms with Crippen LogP contribution in [0.5, 0.6) is 5.75 Å². The van der Waals surface area contributed by atoms with Gasteiger partial charge < -0.3 is 4.74 Å². The Bertz CT molecular complexity index is 468. The number of methoxy groups -OCH3 is 1. The summed E-state index contributed by atoms with van der Waals surface area (Å²) in [5.41, 5.74) is 2.07. The Kier molecular flexibility index (Phi) is 2.73. The van der Waals surface area contributed by atoms with Crippen LogP contribution in [0.25, 0.3) is 0 Å². The van der Waals surface area contributed by atoms with E-state index in [0.717, 1.165) is 11.5 Å². The fraction of sp³-hybridized carbons (Fsp3) is 0.100. The van der Waals surface area contributed by atoms with Crippen molar-refractivity contribution >= 4 is 17.3 Å². The van der Waals surface area contributed by atoms with Crippen LogP contribution in [-0.2, 0) is 0 Å². The second kappa shape index (κ2) is 4.18. The highest BCUT2D eigenvalue weighted by Crippen LogP contribution is 2.14. The summed E-state index contributed by atoms with van der Waals surface area (Å²) in [6.45, 7) is 0. The third-order valence-corrected chi connectivity index (χ3v) is 2.37. The maximum absolute atomic E-state index is 11.8. The zero-order valence-electron chi connectivity index (χ0n) is 8.01. The van der Waals surface area contributed by atoms with Crippen LogP contribution in [0.15, 0.2) is 29.8 Å². The van der Waals surface area contributed by atoms with Crippen molar-refractivity contribution in [2.45, 2.75) is 0 Å². The van der Waals surface area contributed by atoms with Gasteiger partial charge in [-0.1, -0.05) is 12.1 Å². The molecule has 0 saturated heterocycles. The fourth-order valence-electron chi connectivity index (χ4n) is 1.16. The highest BCUT2D eigenvalue weighted by atomic mass is 32.1. The third kappa shape index (κ3) is 2.02. The summed E-state index contributed by atoms with van der Waals surface area (Å²) in [4.78, 5) is 15.7. The van der Waals surface area contributed by atoms with E-state index in [1.165, 1.54) is 5.51 Å². The van der Waals surface area contributed by atoms with E-state index in [1.807, 2.05) is 0 Å². The van der Waals surface area contributed by atoms with Crippen molar-refractivity contribution in [2.24, 2.45) is 0 Å². The van der Waals surface area contributed by atoms with Gasteiger partial charge in [0.15, 0.2) is 0 Å². The molecule has 1 heterocycles. The summed E-state index contributed by atoms with van der Waals surface area (Å²) in [6, 6.07) is 6.93. The van der Waals surface area contributed by atoms with Crippen LogP contribution in [0.2, 0.25) is 0 Å². The lowest BCUT2D eigenvalue weighted by molar-refractivity contribution is 0.103. The van der Waals surface area contributed by atoms with Gasteiger partial charge >= 0.3 is 0 Å². The average Bonchev–Trinajstić information content (AvgIpc) is 2.81. The minimum atomic E-state index is -0.185. The van der Waals surface area contributed by atoms with Crippen molar-refractivity contribution in [3.8, 4) is 5.75 Å². The number of hydrogen-bond acceptors (Lipinski definition) is 5. The molecule has 76 valence electrons. The summed E-state index contributed by atoms with van der Waals surface area (Å²) in [6.07, 6.45) is 0. The Labute approximate surface area is 90.7 Å². The van der Waals surface area contributed by atoms with Gasteiger partial charge in [-0.2, -0.15) is 4.37 Å². The highest BCUT2D eigenvalue weighted by molar-refractivity contribution is 7.03. The summed E-state index contributed by atoms with van der Waals surface area (Å²) >= 11 is 1.16. The predicted octanol–water partition coefficient (Wildman–Crippen LogP) is 1.78. The van der Waals surface area contributed by atoms with Crippen molar-refractivity contribution in [1.29, 1.82) is 0 Å². The first kappa shape index (κ1) is 9.79. The Morgan fingerprint density at radius 3 is 3.00 bits per heavy atom. The van der Waals surface area contributed by atoms with E-state index in [4.69, 9.17) is 4.74 Å². The van der Waals surface area contributed by atoms with E-state index in [0.29, 0.717) is 11.3 Å². The zero-order chi connectivity index (χ0) is 10.7. The normalized spacial score (nSPS) is 9.93. The molecular formula is C10H8N2O2S. The molecule has 15 heavy (non-hydrogen) atoms. The van der Waals surface area contributed by atoms with Crippen molar-refractivity contribution in [3.05, 3.63) is 41.2 Å². The molecule has 0 aliphatic heterocycles. The van der Waals surface area contributed by atoms with Crippen molar-refractivity contribution in [2.75, 3.05) is 7.11 Å². The molecular weight excluding hydrogens is 212 g/mol. The summed E-state index contributed by atoms with van der Waals surface area (Å²) in [5.74, 6) is 0.694. The maximum Gasteiger partial charge on any atom is 0.231 e. The van der Waals surface area contributed by atoms with E-state index >= 15 is 0 Å². The number of ketones is 1. The Hall–Kier alpha value is -1.75. The lowest BCUT2D eigenvalue weighted by atomic mass is 10.1. The predicted molar refractivity (Wildman–Crippen MR) is 56.3 cm³/mol. The molecule has 0 saturated carbocycles. The minimum absolute atomic E-state index is 0.185. The highest BCUT2D eigenvalue weighted by Gasteiger charge is 2.12. The smallest absolute Gasteiger partial charge is 0.231 e. The molecule has 0 radical (unpaired) electrons. The molecule has 0 fully saturated rings. The Morgan fingerprint density at radius 2 is 2.33 bits per heavy atom. The van der Waals surface area contributed by atoms with Crippen LogP contribution in [0, 0.1) is 0 Å². The number of carbonyl (C=O) groups excluding carboxylic acids is 1. The molecule has 1 aromatic carbocycles. The fourth-order valence-corrected chi connectivity index (χ4v) is 1.59. The minimum Gasteiger partial charge on any atom is -0.497 e. The molecule has 0 aliphatic carbocycles.